The third-order valence-electron chi connectivity index (χ3n) is 2.69. The molecule has 2 N–H and O–H groups in total. The van der Waals surface area contributed by atoms with Gasteiger partial charge in [-0.2, -0.15) is 0 Å². The van der Waals surface area contributed by atoms with Gasteiger partial charge in [0.2, 0.25) is 5.43 Å². The topological polar surface area (TPSA) is 80.4 Å². The number of carbonyl (C=O) groups excluding carboxylic acids is 1. The first kappa shape index (κ1) is 13.7. The smallest absolute Gasteiger partial charge is 0.272 e. The molecule has 0 atom stereocenters. The molecule has 0 aliphatic heterocycles. The Hall–Kier alpha value is -2.76. The van der Waals surface area contributed by atoms with Crippen molar-refractivity contribution in [3.8, 4) is 11.5 Å². The number of amides is 1. The Morgan fingerprint density at radius 1 is 1.15 bits per heavy atom. The summed E-state index contributed by atoms with van der Waals surface area (Å²) in [5.74, 6) is 0.446. The number of methoxy groups -OCH3 is 2. The fourth-order valence-corrected chi connectivity index (χ4v) is 1.62. The Labute approximate surface area is 115 Å². The molecule has 104 valence electrons. The predicted octanol–water partition coefficient (Wildman–Crippen LogP) is 1.64. The SMILES string of the molecule is COc1ccc(NC(=O)c2cc(=O)c(OC)c[nH]2)cc1. The monoisotopic (exact) mass is 274 g/mol. The average Bonchev–Trinajstić information content (AvgIpc) is 2.48. The Bertz CT molecular complexity index is 662. The van der Waals surface area contributed by atoms with Gasteiger partial charge in [0.05, 0.1) is 14.2 Å². The van der Waals surface area contributed by atoms with Crippen LogP contribution in [-0.4, -0.2) is 25.1 Å². The lowest BCUT2D eigenvalue weighted by atomic mass is 10.2. The number of carbonyl (C=O) groups is 1. The molecule has 2 aromatic rings. The Kier molecular flexibility index (Phi) is 4.05. The number of nitrogens with one attached hydrogen (secondary N) is 2. The first-order valence-electron chi connectivity index (χ1n) is 5.86. The second kappa shape index (κ2) is 5.92. The van der Waals surface area contributed by atoms with Crippen LogP contribution < -0.4 is 20.2 Å². The van der Waals surface area contributed by atoms with Crippen molar-refractivity contribution in [2.45, 2.75) is 0 Å². The molecule has 2 rings (SSSR count). The molecular weight excluding hydrogens is 260 g/mol. The molecule has 0 bridgehead atoms. The van der Waals surface area contributed by atoms with Gasteiger partial charge in [-0.15, -0.1) is 0 Å². The van der Waals surface area contributed by atoms with Gasteiger partial charge in [0.15, 0.2) is 5.75 Å². The number of aromatic amines is 1. The van der Waals surface area contributed by atoms with Crippen LogP contribution in [0.25, 0.3) is 0 Å². The van der Waals surface area contributed by atoms with Crippen LogP contribution in [0.1, 0.15) is 10.5 Å². The quantitative estimate of drug-likeness (QED) is 0.888. The van der Waals surface area contributed by atoms with Gasteiger partial charge in [-0.1, -0.05) is 0 Å². The number of rotatable bonds is 4. The van der Waals surface area contributed by atoms with E-state index in [-0.39, 0.29) is 16.9 Å². The van der Waals surface area contributed by atoms with Gasteiger partial charge in [0.1, 0.15) is 11.4 Å². The summed E-state index contributed by atoms with van der Waals surface area (Å²) in [6, 6.07) is 8.06. The number of ether oxygens (including phenoxy) is 2. The third-order valence-corrected chi connectivity index (χ3v) is 2.69. The van der Waals surface area contributed by atoms with Crippen molar-refractivity contribution in [1.82, 2.24) is 4.98 Å². The van der Waals surface area contributed by atoms with Gasteiger partial charge in [-0.25, -0.2) is 0 Å². The number of hydrogen-bond acceptors (Lipinski definition) is 4. The van der Waals surface area contributed by atoms with Crippen molar-refractivity contribution in [2.24, 2.45) is 0 Å². The second-order valence-corrected chi connectivity index (χ2v) is 3.96. The molecule has 6 nitrogen and oxygen atoms in total. The maximum Gasteiger partial charge on any atom is 0.272 e. The zero-order chi connectivity index (χ0) is 14.5. The van der Waals surface area contributed by atoms with Crippen molar-refractivity contribution < 1.29 is 14.3 Å². The minimum atomic E-state index is -0.407. The van der Waals surface area contributed by atoms with Crippen LogP contribution in [0.3, 0.4) is 0 Å². The van der Waals surface area contributed by atoms with E-state index < -0.39 is 5.91 Å². The summed E-state index contributed by atoms with van der Waals surface area (Å²) < 4.78 is 9.86. The molecule has 0 saturated heterocycles. The Morgan fingerprint density at radius 3 is 2.40 bits per heavy atom. The normalized spacial score (nSPS) is 9.90. The van der Waals surface area contributed by atoms with Crippen LogP contribution in [0.2, 0.25) is 0 Å². The number of pyridine rings is 1. The summed E-state index contributed by atoms with van der Waals surface area (Å²) >= 11 is 0. The van der Waals surface area contributed by atoms with Gasteiger partial charge in [-0.05, 0) is 24.3 Å². The van der Waals surface area contributed by atoms with Crippen molar-refractivity contribution >= 4 is 11.6 Å². The van der Waals surface area contributed by atoms with Crippen LogP contribution in [0, 0.1) is 0 Å². The molecule has 0 unspecified atom stereocenters. The van der Waals surface area contributed by atoms with E-state index in [0.717, 1.165) is 0 Å². The van der Waals surface area contributed by atoms with Crippen LogP contribution in [0.5, 0.6) is 11.5 Å². The van der Waals surface area contributed by atoms with Crippen molar-refractivity contribution in [3.05, 3.63) is 52.4 Å². The van der Waals surface area contributed by atoms with E-state index in [0.29, 0.717) is 11.4 Å². The van der Waals surface area contributed by atoms with Gasteiger partial charge in [-0.3, -0.25) is 9.59 Å². The van der Waals surface area contributed by atoms with E-state index in [1.807, 2.05) is 0 Å². The number of anilines is 1. The fourth-order valence-electron chi connectivity index (χ4n) is 1.62. The van der Waals surface area contributed by atoms with E-state index in [4.69, 9.17) is 9.47 Å². The third kappa shape index (κ3) is 2.97. The summed E-state index contributed by atoms with van der Waals surface area (Å²) in [6.45, 7) is 0. The lowest BCUT2D eigenvalue weighted by Gasteiger charge is -2.06. The van der Waals surface area contributed by atoms with Crippen molar-refractivity contribution in [3.63, 3.8) is 0 Å². The summed E-state index contributed by atoms with van der Waals surface area (Å²) in [6.07, 6.45) is 1.35. The van der Waals surface area contributed by atoms with Crippen molar-refractivity contribution in [2.75, 3.05) is 19.5 Å². The number of aromatic nitrogens is 1. The van der Waals surface area contributed by atoms with Gasteiger partial charge >= 0.3 is 0 Å². The first-order chi connectivity index (χ1) is 9.63. The lowest BCUT2D eigenvalue weighted by molar-refractivity contribution is 0.102. The molecule has 0 aliphatic carbocycles. The molecule has 1 aromatic carbocycles. The van der Waals surface area contributed by atoms with E-state index in [1.54, 1.807) is 31.4 Å². The zero-order valence-electron chi connectivity index (χ0n) is 11.1. The summed E-state index contributed by atoms with van der Waals surface area (Å²) in [4.78, 5) is 26.2. The van der Waals surface area contributed by atoms with E-state index in [1.165, 1.54) is 19.4 Å². The van der Waals surface area contributed by atoms with Crippen LogP contribution in [-0.2, 0) is 0 Å². The van der Waals surface area contributed by atoms with Crippen LogP contribution in [0.4, 0.5) is 5.69 Å². The molecule has 1 heterocycles. The molecule has 0 aliphatic rings. The minimum absolute atomic E-state index is 0.158. The highest BCUT2D eigenvalue weighted by Crippen LogP contribution is 2.15. The predicted molar refractivity (Wildman–Crippen MR) is 74.6 cm³/mol. The maximum absolute atomic E-state index is 12.0. The summed E-state index contributed by atoms with van der Waals surface area (Å²) in [7, 11) is 2.96. The first-order valence-corrected chi connectivity index (χ1v) is 5.86. The lowest BCUT2D eigenvalue weighted by Crippen LogP contribution is -2.17. The molecular formula is C14H14N2O4. The standard InChI is InChI=1S/C14H14N2O4/c1-19-10-5-3-9(4-6-10)16-14(18)11-7-12(17)13(20-2)8-15-11/h3-8H,1-2H3,(H,15,17)(H,16,18). The number of H-pyrrole nitrogens is 1. The molecule has 20 heavy (non-hydrogen) atoms. The second-order valence-electron chi connectivity index (χ2n) is 3.96. The maximum atomic E-state index is 12.0. The van der Waals surface area contributed by atoms with Crippen LogP contribution >= 0.6 is 0 Å². The minimum Gasteiger partial charge on any atom is -0.497 e. The highest BCUT2D eigenvalue weighted by molar-refractivity contribution is 6.02. The summed E-state index contributed by atoms with van der Waals surface area (Å²) in [5, 5.41) is 2.67. The fraction of sp³-hybridized carbons (Fsp3) is 0.143. The van der Waals surface area contributed by atoms with Gasteiger partial charge in [0.25, 0.3) is 5.91 Å². The molecule has 0 saturated carbocycles. The zero-order valence-corrected chi connectivity index (χ0v) is 11.1. The Balaban J connectivity index is 2.15. The van der Waals surface area contributed by atoms with Crippen LogP contribution in [0.15, 0.2) is 41.3 Å². The van der Waals surface area contributed by atoms with Gasteiger partial charge < -0.3 is 19.8 Å². The molecule has 1 amide bonds. The Morgan fingerprint density at radius 2 is 1.85 bits per heavy atom. The molecule has 0 spiro atoms. The van der Waals surface area contributed by atoms with E-state index in [9.17, 15) is 9.59 Å². The number of hydrogen-bond donors (Lipinski definition) is 2. The molecule has 6 heteroatoms. The number of benzene rings is 1. The van der Waals surface area contributed by atoms with Crippen molar-refractivity contribution in [1.29, 1.82) is 0 Å². The molecule has 0 radical (unpaired) electrons. The highest BCUT2D eigenvalue weighted by Gasteiger charge is 2.09. The largest absolute Gasteiger partial charge is 0.497 e. The van der Waals surface area contributed by atoms with E-state index in [2.05, 4.69) is 10.3 Å². The molecule has 1 aromatic heterocycles. The highest BCUT2D eigenvalue weighted by atomic mass is 16.5. The average molecular weight is 274 g/mol. The van der Waals surface area contributed by atoms with E-state index >= 15 is 0 Å². The summed E-state index contributed by atoms with van der Waals surface area (Å²) in [5.41, 5.74) is 0.408. The molecule has 0 fully saturated rings. The van der Waals surface area contributed by atoms with Gasteiger partial charge in [0, 0.05) is 18.0 Å².